The number of rotatable bonds is 8. The Morgan fingerprint density at radius 1 is 1.18 bits per heavy atom. The van der Waals surface area contributed by atoms with Crippen LogP contribution in [0.3, 0.4) is 0 Å². The number of aryl methyl sites for hydroxylation is 1. The van der Waals surface area contributed by atoms with Gasteiger partial charge < -0.3 is 21.7 Å². The summed E-state index contributed by atoms with van der Waals surface area (Å²) in [5.41, 5.74) is 7.88. The molecule has 2 heterocycles. The number of amides is 2. The quantitative estimate of drug-likeness (QED) is 0.422. The van der Waals surface area contributed by atoms with Gasteiger partial charge in [0.15, 0.2) is 0 Å². The molecule has 0 spiro atoms. The van der Waals surface area contributed by atoms with Gasteiger partial charge in [-0.1, -0.05) is 30.3 Å². The van der Waals surface area contributed by atoms with E-state index in [0.29, 0.717) is 48.9 Å². The van der Waals surface area contributed by atoms with Gasteiger partial charge in [0.05, 0.1) is 23.4 Å². The van der Waals surface area contributed by atoms with Crippen molar-refractivity contribution in [3.05, 3.63) is 72.2 Å². The average Bonchev–Trinajstić information content (AvgIpc) is 3.31. The summed E-state index contributed by atoms with van der Waals surface area (Å²) in [5.74, 6) is -0.676. The third-order valence-corrected chi connectivity index (χ3v) is 5.98. The zero-order valence-electron chi connectivity index (χ0n) is 18.3. The number of halogens is 1. The standard InChI is InChI=1S/C25H28FN5O2/c26-19-7-9-21-18(11-19)12-20(15-29-21)30-24(32)22(8-6-16-4-2-1-3-5-16)31-25(33)23-10-17(13-27)14-28-23/h1-5,7,9,11-12,15,17,22-23,28H,6,8,10,13-14,27H2,(H,30,32)(H,31,33)/t17-,22-,23-/m1/s1. The summed E-state index contributed by atoms with van der Waals surface area (Å²) in [6.07, 6.45) is 3.24. The van der Waals surface area contributed by atoms with Crippen molar-refractivity contribution in [2.75, 3.05) is 18.4 Å². The van der Waals surface area contributed by atoms with Crippen LogP contribution in [0.5, 0.6) is 0 Å². The first kappa shape index (κ1) is 22.8. The Bertz CT molecular complexity index is 1120. The van der Waals surface area contributed by atoms with Crippen LogP contribution in [0.4, 0.5) is 10.1 Å². The van der Waals surface area contributed by atoms with Gasteiger partial charge in [-0.2, -0.15) is 0 Å². The number of fused-ring (bicyclic) bond motifs is 1. The number of hydrogen-bond acceptors (Lipinski definition) is 5. The van der Waals surface area contributed by atoms with Gasteiger partial charge in [-0.05, 0) is 68.1 Å². The number of pyridine rings is 1. The first-order valence-corrected chi connectivity index (χ1v) is 11.2. The summed E-state index contributed by atoms with van der Waals surface area (Å²) in [5, 5.41) is 9.50. The van der Waals surface area contributed by atoms with E-state index in [4.69, 9.17) is 5.73 Å². The zero-order valence-corrected chi connectivity index (χ0v) is 18.3. The summed E-state index contributed by atoms with van der Waals surface area (Å²) < 4.78 is 13.6. The minimum absolute atomic E-state index is 0.210. The van der Waals surface area contributed by atoms with E-state index in [1.807, 2.05) is 30.3 Å². The minimum atomic E-state index is -0.736. The van der Waals surface area contributed by atoms with Crippen LogP contribution in [0.2, 0.25) is 0 Å². The molecule has 0 bridgehead atoms. The Balaban J connectivity index is 1.47. The summed E-state index contributed by atoms with van der Waals surface area (Å²) in [6.45, 7) is 1.21. The fraction of sp³-hybridized carbons (Fsp3) is 0.320. The van der Waals surface area contributed by atoms with Crippen molar-refractivity contribution in [3.8, 4) is 0 Å². The number of benzene rings is 2. The maximum absolute atomic E-state index is 13.6. The minimum Gasteiger partial charge on any atom is -0.343 e. The first-order chi connectivity index (χ1) is 16.0. The van der Waals surface area contributed by atoms with Crippen LogP contribution >= 0.6 is 0 Å². The number of nitrogens with two attached hydrogens (primary N) is 1. The normalized spacial score (nSPS) is 18.7. The van der Waals surface area contributed by atoms with E-state index in [-0.39, 0.29) is 29.6 Å². The largest absolute Gasteiger partial charge is 0.343 e. The van der Waals surface area contributed by atoms with E-state index in [2.05, 4.69) is 20.9 Å². The van der Waals surface area contributed by atoms with Crippen molar-refractivity contribution in [2.24, 2.45) is 11.7 Å². The Morgan fingerprint density at radius 2 is 2.00 bits per heavy atom. The van der Waals surface area contributed by atoms with Crippen molar-refractivity contribution in [2.45, 2.75) is 31.3 Å². The third kappa shape index (κ3) is 5.91. The molecule has 1 aliphatic rings. The van der Waals surface area contributed by atoms with E-state index in [1.54, 1.807) is 12.1 Å². The Labute approximate surface area is 192 Å². The molecule has 3 atom stereocenters. The molecule has 1 aromatic heterocycles. The highest BCUT2D eigenvalue weighted by Crippen LogP contribution is 2.19. The summed E-state index contributed by atoms with van der Waals surface area (Å²) in [4.78, 5) is 30.3. The summed E-state index contributed by atoms with van der Waals surface area (Å²) in [6, 6.07) is 14.7. The van der Waals surface area contributed by atoms with E-state index in [9.17, 15) is 14.0 Å². The third-order valence-electron chi connectivity index (χ3n) is 5.98. The van der Waals surface area contributed by atoms with Crippen LogP contribution in [-0.2, 0) is 16.0 Å². The van der Waals surface area contributed by atoms with Gasteiger partial charge in [0.25, 0.3) is 0 Å². The van der Waals surface area contributed by atoms with Gasteiger partial charge in [-0.25, -0.2) is 4.39 Å². The number of nitrogens with zero attached hydrogens (tertiary/aromatic N) is 1. The number of aromatic nitrogens is 1. The predicted octanol–water partition coefficient (Wildman–Crippen LogP) is 2.37. The lowest BCUT2D eigenvalue weighted by Crippen LogP contribution is -2.50. The fourth-order valence-electron chi connectivity index (χ4n) is 4.09. The highest BCUT2D eigenvalue weighted by atomic mass is 19.1. The molecule has 33 heavy (non-hydrogen) atoms. The van der Waals surface area contributed by atoms with Gasteiger partial charge in [-0.15, -0.1) is 0 Å². The second-order valence-electron chi connectivity index (χ2n) is 8.43. The molecule has 1 fully saturated rings. The molecule has 0 aliphatic carbocycles. The van der Waals surface area contributed by atoms with Crippen molar-refractivity contribution >= 4 is 28.4 Å². The number of carbonyl (C=O) groups excluding carboxylic acids is 2. The van der Waals surface area contributed by atoms with Crippen LogP contribution in [0.1, 0.15) is 18.4 Å². The van der Waals surface area contributed by atoms with Gasteiger partial charge in [-0.3, -0.25) is 14.6 Å². The Morgan fingerprint density at radius 3 is 2.76 bits per heavy atom. The smallest absolute Gasteiger partial charge is 0.247 e. The molecule has 2 amide bonds. The number of hydrogen-bond donors (Lipinski definition) is 4. The van der Waals surface area contributed by atoms with Crippen LogP contribution < -0.4 is 21.7 Å². The number of carbonyl (C=O) groups is 2. The zero-order chi connectivity index (χ0) is 23.2. The number of anilines is 1. The molecule has 0 saturated carbocycles. The lowest BCUT2D eigenvalue weighted by molar-refractivity contribution is -0.127. The van der Waals surface area contributed by atoms with Crippen molar-refractivity contribution in [1.29, 1.82) is 0 Å². The van der Waals surface area contributed by atoms with Crippen molar-refractivity contribution < 1.29 is 14.0 Å². The molecule has 8 heteroatoms. The van der Waals surface area contributed by atoms with Crippen LogP contribution in [-0.4, -0.2) is 42.0 Å². The lowest BCUT2D eigenvalue weighted by atomic mass is 10.0. The van der Waals surface area contributed by atoms with Crippen LogP contribution in [0.25, 0.3) is 10.9 Å². The predicted molar refractivity (Wildman–Crippen MR) is 126 cm³/mol. The summed E-state index contributed by atoms with van der Waals surface area (Å²) >= 11 is 0. The van der Waals surface area contributed by atoms with Crippen LogP contribution in [0, 0.1) is 11.7 Å². The molecular weight excluding hydrogens is 421 g/mol. The van der Waals surface area contributed by atoms with E-state index < -0.39 is 6.04 Å². The average molecular weight is 450 g/mol. The lowest BCUT2D eigenvalue weighted by Gasteiger charge is -2.21. The Kier molecular flexibility index (Phi) is 7.26. The van der Waals surface area contributed by atoms with E-state index >= 15 is 0 Å². The molecule has 2 aromatic carbocycles. The highest BCUT2D eigenvalue weighted by Gasteiger charge is 2.31. The molecule has 0 radical (unpaired) electrons. The van der Waals surface area contributed by atoms with Crippen molar-refractivity contribution in [3.63, 3.8) is 0 Å². The molecule has 3 aromatic rings. The second kappa shape index (κ2) is 10.5. The molecule has 1 aliphatic heterocycles. The van der Waals surface area contributed by atoms with Gasteiger partial charge in [0, 0.05) is 5.39 Å². The van der Waals surface area contributed by atoms with Crippen LogP contribution in [0.15, 0.2) is 60.8 Å². The molecular formula is C25H28FN5O2. The first-order valence-electron chi connectivity index (χ1n) is 11.2. The highest BCUT2D eigenvalue weighted by molar-refractivity contribution is 5.99. The molecule has 0 unspecified atom stereocenters. The maximum atomic E-state index is 13.6. The molecule has 1 saturated heterocycles. The topological polar surface area (TPSA) is 109 Å². The second-order valence-corrected chi connectivity index (χ2v) is 8.43. The molecule has 7 nitrogen and oxygen atoms in total. The SMILES string of the molecule is NC[C@@H]1CN[C@@H](C(=O)N[C@H](CCc2ccccc2)C(=O)Nc2cnc3ccc(F)cc3c2)C1. The summed E-state index contributed by atoms with van der Waals surface area (Å²) in [7, 11) is 0. The molecule has 5 N–H and O–H groups in total. The number of nitrogens with one attached hydrogen (secondary N) is 3. The maximum Gasteiger partial charge on any atom is 0.247 e. The monoisotopic (exact) mass is 449 g/mol. The van der Waals surface area contributed by atoms with Gasteiger partial charge in [0.2, 0.25) is 11.8 Å². The van der Waals surface area contributed by atoms with Gasteiger partial charge >= 0.3 is 0 Å². The van der Waals surface area contributed by atoms with Gasteiger partial charge in [0.1, 0.15) is 11.9 Å². The Hall–Kier alpha value is -3.36. The van der Waals surface area contributed by atoms with Crippen molar-refractivity contribution in [1.82, 2.24) is 15.6 Å². The molecule has 4 rings (SSSR count). The van der Waals surface area contributed by atoms with E-state index in [1.165, 1.54) is 18.3 Å². The van der Waals surface area contributed by atoms with E-state index in [0.717, 1.165) is 5.56 Å². The molecule has 172 valence electrons. The fourth-order valence-corrected chi connectivity index (χ4v) is 4.09.